The number of nitrogens with zero attached hydrogens (tertiary/aromatic N) is 2. The first kappa shape index (κ1) is 10.0. The molecule has 1 rings (SSSR count). The molecule has 1 unspecified atom stereocenters. The Hall–Kier alpha value is -1.06. The second-order valence-electron chi connectivity index (χ2n) is 3.73. The summed E-state index contributed by atoms with van der Waals surface area (Å²) in [5, 5.41) is 5.38. The standard InChI is InChI=1S/C9H17N3O/c1-7-4-3-5-8(6-7)11-12(2)9(10)13/h7H,3-6H2,1-2H3,(H2,10,13)/b11-8-. The lowest BCUT2D eigenvalue weighted by molar-refractivity contribution is 0.220. The van der Waals surface area contributed by atoms with E-state index in [1.165, 1.54) is 17.9 Å². The topological polar surface area (TPSA) is 58.7 Å². The molecule has 13 heavy (non-hydrogen) atoms. The molecule has 1 aliphatic rings. The summed E-state index contributed by atoms with van der Waals surface area (Å²) in [5.74, 6) is 0.689. The number of hydrogen-bond acceptors (Lipinski definition) is 2. The Balaban J connectivity index is 2.54. The van der Waals surface area contributed by atoms with Crippen molar-refractivity contribution in [1.29, 1.82) is 0 Å². The highest BCUT2D eigenvalue weighted by molar-refractivity contribution is 5.86. The van der Waals surface area contributed by atoms with Crippen LogP contribution in [0.4, 0.5) is 4.79 Å². The lowest BCUT2D eigenvalue weighted by Gasteiger charge is -2.20. The maximum atomic E-state index is 10.7. The molecular weight excluding hydrogens is 166 g/mol. The number of carbonyl (C=O) groups excluding carboxylic acids is 1. The van der Waals surface area contributed by atoms with Gasteiger partial charge in [-0.3, -0.25) is 0 Å². The Morgan fingerprint density at radius 2 is 2.38 bits per heavy atom. The smallest absolute Gasteiger partial charge is 0.334 e. The van der Waals surface area contributed by atoms with Crippen LogP contribution in [0, 0.1) is 5.92 Å². The SMILES string of the molecule is CC1CCC/C(=N/N(C)C(N)=O)C1. The normalized spacial score (nSPS) is 26.0. The van der Waals surface area contributed by atoms with E-state index in [1.807, 2.05) is 0 Å². The molecule has 0 aromatic rings. The predicted molar refractivity (Wildman–Crippen MR) is 52.4 cm³/mol. The minimum atomic E-state index is -0.495. The third-order valence-corrected chi connectivity index (χ3v) is 2.36. The fourth-order valence-corrected chi connectivity index (χ4v) is 1.61. The number of urea groups is 1. The van der Waals surface area contributed by atoms with Crippen LogP contribution in [-0.2, 0) is 0 Å². The van der Waals surface area contributed by atoms with Crippen LogP contribution in [0.3, 0.4) is 0 Å². The van der Waals surface area contributed by atoms with Gasteiger partial charge in [0.2, 0.25) is 0 Å². The van der Waals surface area contributed by atoms with E-state index in [0.29, 0.717) is 5.92 Å². The molecule has 4 heteroatoms. The minimum Gasteiger partial charge on any atom is -0.350 e. The van der Waals surface area contributed by atoms with E-state index in [9.17, 15) is 4.79 Å². The van der Waals surface area contributed by atoms with Crippen LogP contribution in [0.2, 0.25) is 0 Å². The molecule has 4 nitrogen and oxygen atoms in total. The van der Waals surface area contributed by atoms with Gasteiger partial charge in [-0.1, -0.05) is 6.92 Å². The molecule has 2 N–H and O–H groups in total. The average Bonchev–Trinajstić information content (AvgIpc) is 2.04. The quantitative estimate of drug-likeness (QED) is 0.616. The zero-order valence-corrected chi connectivity index (χ0v) is 8.29. The molecule has 0 radical (unpaired) electrons. The molecule has 0 aliphatic heterocycles. The van der Waals surface area contributed by atoms with Crippen LogP contribution in [0.15, 0.2) is 5.10 Å². The minimum absolute atomic E-state index is 0.495. The van der Waals surface area contributed by atoms with Crippen molar-refractivity contribution in [1.82, 2.24) is 5.01 Å². The van der Waals surface area contributed by atoms with Crippen LogP contribution >= 0.6 is 0 Å². The van der Waals surface area contributed by atoms with E-state index >= 15 is 0 Å². The average molecular weight is 183 g/mol. The number of hydrazone groups is 1. The van der Waals surface area contributed by atoms with Gasteiger partial charge in [-0.25, -0.2) is 9.80 Å². The Bertz CT molecular complexity index is 225. The first-order valence-electron chi connectivity index (χ1n) is 4.69. The zero-order chi connectivity index (χ0) is 9.84. The number of primary amides is 1. The molecule has 0 aromatic carbocycles. The Kier molecular flexibility index (Phi) is 3.28. The van der Waals surface area contributed by atoms with E-state index < -0.39 is 6.03 Å². The molecule has 2 amide bonds. The molecule has 74 valence electrons. The maximum absolute atomic E-state index is 10.7. The van der Waals surface area contributed by atoms with Crippen molar-refractivity contribution >= 4 is 11.7 Å². The van der Waals surface area contributed by atoms with Gasteiger partial charge in [0.25, 0.3) is 0 Å². The highest BCUT2D eigenvalue weighted by atomic mass is 16.2. The molecule has 1 saturated carbocycles. The van der Waals surface area contributed by atoms with E-state index in [1.54, 1.807) is 7.05 Å². The molecule has 0 saturated heterocycles. The van der Waals surface area contributed by atoms with Crippen molar-refractivity contribution in [3.8, 4) is 0 Å². The molecule has 0 aromatic heterocycles. The highest BCUT2D eigenvalue weighted by Gasteiger charge is 2.15. The number of nitrogens with two attached hydrogens (primary N) is 1. The zero-order valence-electron chi connectivity index (χ0n) is 8.29. The van der Waals surface area contributed by atoms with Crippen molar-refractivity contribution in [2.75, 3.05) is 7.05 Å². The summed E-state index contributed by atoms with van der Waals surface area (Å²) < 4.78 is 0. The summed E-state index contributed by atoms with van der Waals surface area (Å²) >= 11 is 0. The number of rotatable bonds is 1. The summed E-state index contributed by atoms with van der Waals surface area (Å²) in [6, 6.07) is -0.495. The summed E-state index contributed by atoms with van der Waals surface area (Å²) in [7, 11) is 1.59. The lowest BCUT2D eigenvalue weighted by atomic mass is 9.89. The van der Waals surface area contributed by atoms with Crippen LogP contribution in [0.25, 0.3) is 0 Å². The van der Waals surface area contributed by atoms with Gasteiger partial charge in [-0.2, -0.15) is 5.10 Å². The van der Waals surface area contributed by atoms with Gasteiger partial charge in [0.1, 0.15) is 0 Å². The van der Waals surface area contributed by atoms with Gasteiger partial charge >= 0.3 is 6.03 Å². The summed E-state index contributed by atoms with van der Waals surface area (Å²) in [4.78, 5) is 10.7. The predicted octanol–water partition coefficient (Wildman–Crippen LogP) is 1.56. The van der Waals surface area contributed by atoms with Crippen molar-refractivity contribution in [2.24, 2.45) is 16.8 Å². The summed E-state index contributed by atoms with van der Waals surface area (Å²) in [6.45, 7) is 2.21. The first-order valence-corrected chi connectivity index (χ1v) is 4.69. The summed E-state index contributed by atoms with van der Waals surface area (Å²) in [5.41, 5.74) is 6.16. The molecule has 0 spiro atoms. The van der Waals surface area contributed by atoms with Gasteiger partial charge in [0, 0.05) is 12.8 Å². The molecule has 0 heterocycles. The van der Waals surface area contributed by atoms with Crippen molar-refractivity contribution in [3.63, 3.8) is 0 Å². The third kappa shape index (κ3) is 3.05. The van der Waals surface area contributed by atoms with E-state index in [-0.39, 0.29) is 0 Å². The van der Waals surface area contributed by atoms with Crippen molar-refractivity contribution in [3.05, 3.63) is 0 Å². The summed E-state index contributed by atoms with van der Waals surface area (Å²) in [6.07, 6.45) is 4.44. The van der Waals surface area contributed by atoms with Crippen LogP contribution < -0.4 is 5.73 Å². The van der Waals surface area contributed by atoms with Gasteiger partial charge in [-0.15, -0.1) is 0 Å². The van der Waals surface area contributed by atoms with Crippen molar-refractivity contribution < 1.29 is 4.79 Å². The molecule has 1 atom stereocenters. The first-order chi connectivity index (χ1) is 6.09. The highest BCUT2D eigenvalue weighted by Crippen LogP contribution is 2.21. The number of hydrogen-bond donors (Lipinski definition) is 1. The fraction of sp³-hybridized carbons (Fsp3) is 0.778. The van der Waals surface area contributed by atoms with E-state index in [2.05, 4.69) is 12.0 Å². The van der Waals surface area contributed by atoms with Gasteiger partial charge in [0.15, 0.2) is 0 Å². The second-order valence-corrected chi connectivity index (χ2v) is 3.73. The number of amides is 2. The Morgan fingerprint density at radius 3 is 2.92 bits per heavy atom. The van der Waals surface area contributed by atoms with Gasteiger partial charge < -0.3 is 5.73 Å². The van der Waals surface area contributed by atoms with Crippen molar-refractivity contribution in [2.45, 2.75) is 32.6 Å². The molecule has 1 aliphatic carbocycles. The fourth-order valence-electron chi connectivity index (χ4n) is 1.61. The monoisotopic (exact) mass is 183 g/mol. The largest absolute Gasteiger partial charge is 0.350 e. The van der Waals surface area contributed by atoms with Crippen LogP contribution in [-0.4, -0.2) is 23.8 Å². The van der Waals surface area contributed by atoms with Gasteiger partial charge in [-0.05, 0) is 31.6 Å². The molecule has 0 bridgehead atoms. The van der Waals surface area contributed by atoms with E-state index in [4.69, 9.17) is 5.73 Å². The molecular formula is C9H17N3O. The van der Waals surface area contributed by atoms with Gasteiger partial charge in [0.05, 0.1) is 0 Å². The number of carbonyl (C=O) groups is 1. The third-order valence-electron chi connectivity index (χ3n) is 2.36. The Labute approximate surface area is 78.8 Å². The van der Waals surface area contributed by atoms with Crippen LogP contribution in [0.5, 0.6) is 0 Å². The molecule has 1 fully saturated rings. The van der Waals surface area contributed by atoms with Crippen LogP contribution in [0.1, 0.15) is 32.6 Å². The van der Waals surface area contributed by atoms with E-state index in [0.717, 1.165) is 18.6 Å². The Morgan fingerprint density at radius 1 is 1.69 bits per heavy atom. The lowest BCUT2D eigenvalue weighted by Crippen LogP contribution is -2.29. The second kappa shape index (κ2) is 4.25. The maximum Gasteiger partial charge on any atom is 0.334 e.